The van der Waals surface area contributed by atoms with Gasteiger partial charge in [-0.15, -0.1) is 0 Å². The monoisotopic (exact) mass is 801 g/mol. The molecule has 10 nitrogen and oxygen atoms in total. The van der Waals surface area contributed by atoms with Crippen molar-refractivity contribution in [3.05, 3.63) is 210 Å². The molecule has 0 aliphatic rings. The predicted molar refractivity (Wildman–Crippen MR) is 234 cm³/mol. The first-order valence-electron chi connectivity index (χ1n) is 17.8. The molecule has 6 rings (SSSR count). The van der Waals surface area contributed by atoms with Crippen LogP contribution in [0.1, 0.15) is 77.6 Å². The number of benzene rings is 3. The van der Waals surface area contributed by atoms with E-state index in [1.807, 2.05) is 57.2 Å². The number of halogens is 2. The lowest BCUT2D eigenvalue weighted by atomic mass is 9.80. The quantitative estimate of drug-likeness (QED) is 0.100. The Hall–Kier alpha value is -7.09. The molecule has 13 heteroatoms. The second kappa shape index (κ2) is 25.2. The molecule has 0 radical (unpaired) electrons. The summed E-state index contributed by atoms with van der Waals surface area (Å²) in [4.78, 5) is 57.5. The highest BCUT2D eigenvalue weighted by atomic mass is 19.3. The molecule has 0 fully saturated rings. The maximum Gasteiger partial charge on any atom is 0.488 e. The molecule has 0 atom stereocenters. The first-order valence-corrected chi connectivity index (χ1v) is 17.8. The molecule has 6 aromatic rings. The highest BCUT2D eigenvalue weighted by molar-refractivity contribution is 6.58. The molecule has 0 bridgehead atoms. The third-order valence-electron chi connectivity index (χ3n) is 7.85. The van der Waals surface area contributed by atoms with E-state index in [2.05, 4.69) is 4.98 Å². The minimum absolute atomic E-state index is 0. The number of hydrogen-bond acceptors (Lipinski definition) is 7. The Bertz CT molecular complexity index is 2470. The Morgan fingerprint density at radius 2 is 0.949 bits per heavy atom. The average Bonchev–Trinajstić information content (AvgIpc) is 3.24. The molecule has 3 N–H and O–H groups in total. The molecular formula is C46H46BF2N3O7. The third kappa shape index (κ3) is 15.8. The Kier molecular flexibility index (Phi) is 20.5. The number of allylic oxidation sites excluding steroid dienone is 3. The van der Waals surface area contributed by atoms with Gasteiger partial charge in [-0.25, -0.2) is 8.78 Å². The summed E-state index contributed by atoms with van der Waals surface area (Å²) in [6, 6.07) is 28.4. The lowest BCUT2D eigenvalue weighted by Crippen LogP contribution is -2.29. The normalized spacial score (nSPS) is 10.4. The van der Waals surface area contributed by atoms with Crippen LogP contribution in [0.2, 0.25) is 0 Å². The van der Waals surface area contributed by atoms with E-state index < -0.39 is 13.5 Å². The smallest absolute Gasteiger partial charge is 0.423 e. The van der Waals surface area contributed by atoms with E-state index in [1.165, 1.54) is 71.3 Å². The second-order valence-electron chi connectivity index (χ2n) is 12.1. The van der Waals surface area contributed by atoms with Gasteiger partial charge in [-0.05, 0) is 97.5 Å². The first-order chi connectivity index (χ1) is 27.9. The Morgan fingerprint density at radius 1 is 0.559 bits per heavy atom. The summed E-state index contributed by atoms with van der Waals surface area (Å²) in [5, 5.41) is 17.3. The molecule has 0 spiro atoms. The molecule has 304 valence electrons. The Morgan fingerprint density at radius 3 is 1.32 bits per heavy atom. The highest BCUT2D eigenvalue weighted by Gasteiger charge is 2.09. The van der Waals surface area contributed by atoms with Gasteiger partial charge in [0.15, 0.2) is 0 Å². The van der Waals surface area contributed by atoms with Gasteiger partial charge in [0.1, 0.15) is 12.6 Å². The zero-order chi connectivity index (χ0) is 42.5. The fourth-order valence-electron chi connectivity index (χ4n) is 4.95. The number of nitrogens with zero attached hydrogens (tertiary/aromatic N) is 2. The number of pyridine rings is 3. The van der Waals surface area contributed by atoms with E-state index in [-0.39, 0.29) is 29.7 Å². The van der Waals surface area contributed by atoms with E-state index >= 15 is 0 Å². The first kappa shape index (κ1) is 48.1. The van der Waals surface area contributed by atoms with Crippen LogP contribution < -0.4 is 22.1 Å². The van der Waals surface area contributed by atoms with Gasteiger partial charge in [0.2, 0.25) is 5.56 Å². The maximum absolute atomic E-state index is 12.5. The van der Waals surface area contributed by atoms with Crippen LogP contribution in [0.5, 0.6) is 0 Å². The van der Waals surface area contributed by atoms with Gasteiger partial charge in [0.25, 0.3) is 17.5 Å². The Balaban J connectivity index is 0.000000279. The van der Waals surface area contributed by atoms with Crippen molar-refractivity contribution in [2.45, 2.75) is 34.6 Å². The van der Waals surface area contributed by atoms with E-state index in [0.717, 1.165) is 28.7 Å². The van der Waals surface area contributed by atoms with Crippen molar-refractivity contribution in [1.82, 2.24) is 14.1 Å². The topological polar surface area (TPSA) is 151 Å². The van der Waals surface area contributed by atoms with Crippen molar-refractivity contribution < 1.29 is 28.4 Å². The largest absolute Gasteiger partial charge is 0.488 e. The zero-order valence-corrected chi connectivity index (χ0v) is 32.0. The fraction of sp³-hybridized carbons (Fsp3) is 0.109. The number of rotatable bonds is 9. The van der Waals surface area contributed by atoms with Gasteiger partial charge in [-0.3, -0.25) is 33.1 Å². The van der Waals surface area contributed by atoms with Crippen LogP contribution in [0, 0.1) is 0 Å². The molecule has 0 unspecified atom stereocenters. The summed E-state index contributed by atoms with van der Waals surface area (Å²) < 4.78 is 27.9. The number of nitrogens with one attached hydrogen (secondary N) is 1. The van der Waals surface area contributed by atoms with Crippen molar-refractivity contribution in [3.8, 4) is 11.4 Å². The lowest BCUT2D eigenvalue weighted by molar-refractivity contribution is 0.111. The number of H-pyrrole nitrogens is 1. The molecule has 3 aromatic carbocycles. The van der Waals surface area contributed by atoms with Crippen LogP contribution in [0.3, 0.4) is 0 Å². The molecule has 59 heavy (non-hydrogen) atoms. The number of hydrogen-bond donors (Lipinski definition) is 3. The Labute approximate surface area is 341 Å². The van der Waals surface area contributed by atoms with Crippen LogP contribution in [-0.4, -0.2) is 43.9 Å². The minimum atomic E-state index is -2.50. The van der Waals surface area contributed by atoms with Crippen LogP contribution in [0.25, 0.3) is 29.6 Å². The van der Waals surface area contributed by atoms with Crippen LogP contribution in [0.4, 0.5) is 8.78 Å². The van der Waals surface area contributed by atoms with Gasteiger partial charge < -0.3 is 15.0 Å². The standard InChI is InChI=1S/C15H13F2NO.C15H13NO2.C8H9NO.C7H7BO3.CH4/c1-2-3-11-4-9-14(19)18(10-11)13-7-5-12(6-8-13)15(16)17;1-2-3-12-6-9-15(18)16(10-12)14-7-4-13(11-17)5-8-14;1-2-3-7-4-5-8(10)9-6-7;9-5-6-1-3-7(4-2-6)8(10)11;/h2-10,15H,1H3;2-11H,1H3;2-6H,1H3,(H,9,10);1-5,10-11H;1H4/b3*3-2+;;. The number of carbonyl (C=O) groups is 2. The summed E-state index contributed by atoms with van der Waals surface area (Å²) in [5.41, 5.74) is 5.26. The molecular weight excluding hydrogens is 755 g/mol. The molecule has 3 aromatic heterocycles. The molecule has 0 aliphatic carbocycles. The summed E-state index contributed by atoms with van der Waals surface area (Å²) >= 11 is 0. The number of alkyl halides is 2. The van der Waals surface area contributed by atoms with Crippen molar-refractivity contribution in [1.29, 1.82) is 0 Å². The van der Waals surface area contributed by atoms with Gasteiger partial charge in [0.05, 0.1) is 0 Å². The maximum atomic E-state index is 12.5. The highest BCUT2D eigenvalue weighted by Crippen LogP contribution is 2.20. The number of aromatic amines is 1. The predicted octanol–water partition coefficient (Wildman–Crippen LogP) is 7.71. The number of aldehydes is 2. The molecule has 0 amide bonds. The summed E-state index contributed by atoms with van der Waals surface area (Å²) in [6.07, 6.45) is 15.5. The fourth-order valence-corrected chi connectivity index (χ4v) is 4.95. The van der Waals surface area contributed by atoms with Gasteiger partial charge in [-0.2, -0.15) is 0 Å². The van der Waals surface area contributed by atoms with Crippen molar-refractivity contribution in [3.63, 3.8) is 0 Å². The number of aromatic nitrogens is 3. The molecule has 0 aliphatic heterocycles. The zero-order valence-electron chi connectivity index (χ0n) is 32.0. The molecule has 3 heterocycles. The SMILES string of the molecule is C.C/C=C/c1ccc(=O)[nH]c1.C/C=C/c1ccc(=O)n(-c2ccc(C(F)F)cc2)c1.C/C=C/c1ccc(=O)n(-c2ccc(C=O)cc2)c1.O=Cc1ccc(B(O)O)cc1. The second-order valence-corrected chi connectivity index (χ2v) is 12.1. The summed E-state index contributed by atoms with van der Waals surface area (Å²) in [7, 11) is -1.46. The lowest BCUT2D eigenvalue weighted by Gasteiger charge is -2.07. The number of carbonyl (C=O) groups excluding carboxylic acids is 2. The van der Waals surface area contributed by atoms with Crippen molar-refractivity contribution >= 4 is 43.4 Å². The molecule has 0 saturated carbocycles. The van der Waals surface area contributed by atoms with Crippen LogP contribution >= 0.6 is 0 Å². The van der Waals surface area contributed by atoms with Gasteiger partial charge in [-0.1, -0.05) is 80.3 Å². The summed E-state index contributed by atoms with van der Waals surface area (Å²) in [5.74, 6) is 0. The third-order valence-corrected chi connectivity index (χ3v) is 7.85. The van der Waals surface area contributed by atoms with Crippen LogP contribution in [0.15, 0.2) is 160 Å². The summed E-state index contributed by atoms with van der Waals surface area (Å²) in [6.45, 7) is 5.74. The minimum Gasteiger partial charge on any atom is -0.423 e. The van der Waals surface area contributed by atoms with Crippen molar-refractivity contribution in [2.75, 3.05) is 0 Å². The van der Waals surface area contributed by atoms with E-state index in [1.54, 1.807) is 65.6 Å². The van der Waals surface area contributed by atoms with Crippen molar-refractivity contribution in [2.24, 2.45) is 0 Å². The van der Waals surface area contributed by atoms with E-state index in [4.69, 9.17) is 10.0 Å². The molecule has 0 saturated heterocycles. The average molecular weight is 802 g/mol. The van der Waals surface area contributed by atoms with E-state index in [0.29, 0.717) is 28.6 Å². The van der Waals surface area contributed by atoms with Gasteiger partial charge >= 0.3 is 7.12 Å². The van der Waals surface area contributed by atoms with Gasteiger partial charge in [0, 0.05) is 64.9 Å². The van der Waals surface area contributed by atoms with E-state index in [9.17, 15) is 32.8 Å². The van der Waals surface area contributed by atoms with Crippen LogP contribution in [-0.2, 0) is 0 Å².